The van der Waals surface area contributed by atoms with Crippen LogP contribution in [0.5, 0.6) is 0 Å². The first-order valence-electron chi connectivity index (χ1n) is 7.02. The van der Waals surface area contributed by atoms with Crippen molar-refractivity contribution < 1.29 is 4.92 Å². The van der Waals surface area contributed by atoms with Gasteiger partial charge in [0.15, 0.2) is 0 Å². The fourth-order valence-corrected chi connectivity index (χ4v) is 2.33. The number of rotatable bonds is 5. The first-order chi connectivity index (χ1) is 11.1. The molecule has 0 fully saturated rings. The fourth-order valence-electron chi connectivity index (χ4n) is 2.33. The number of hydrogen-bond acceptors (Lipinski definition) is 5. The minimum absolute atomic E-state index is 0.0127. The van der Waals surface area contributed by atoms with Gasteiger partial charge in [-0.3, -0.25) is 10.1 Å². The van der Waals surface area contributed by atoms with Crippen molar-refractivity contribution in [3.8, 4) is 12.1 Å². The van der Waals surface area contributed by atoms with Crippen molar-refractivity contribution >= 4 is 11.4 Å². The van der Waals surface area contributed by atoms with Gasteiger partial charge in [-0.25, -0.2) is 0 Å². The zero-order valence-corrected chi connectivity index (χ0v) is 12.6. The maximum Gasteiger partial charge on any atom is 0.293 e. The highest BCUT2D eigenvalue weighted by Gasteiger charge is 2.22. The molecule has 0 spiro atoms. The van der Waals surface area contributed by atoms with E-state index in [1.54, 1.807) is 0 Å². The van der Waals surface area contributed by atoms with E-state index in [-0.39, 0.29) is 16.8 Å². The number of benzene rings is 2. The average molecular weight is 306 g/mol. The Bertz CT molecular complexity index is 804. The number of hydrogen-bond donors (Lipinski definition) is 0. The van der Waals surface area contributed by atoms with Gasteiger partial charge in [0.1, 0.15) is 17.8 Å². The quantitative estimate of drug-likeness (QED) is 0.623. The van der Waals surface area contributed by atoms with Gasteiger partial charge in [0.25, 0.3) is 5.69 Å². The van der Waals surface area contributed by atoms with Crippen molar-refractivity contribution in [2.45, 2.75) is 13.5 Å². The van der Waals surface area contributed by atoms with Crippen LogP contribution in [-0.4, -0.2) is 11.5 Å². The second-order valence-corrected chi connectivity index (χ2v) is 4.87. The Balaban J connectivity index is 2.52. The summed E-state index contributed by atoms with van der Waals surface area (Å²) in [7, 11) is 0. The van der Waals surface area contributed by atoms with E-state index in [4.69, 9.17) is 10.5 Å². The van der Waals surface area contributed by atoms with E-state index in [0.717, 1.165) is 5.56 Å². The Labute approximate surface area is 134 Å². The Morgan fingerprint density at radius 2 is 1.74 bits per heavy atom. The van der Waals surface area contributed by atoms with Crippen LogP contribution in [0, 0.1) is 32.8 Å². The summed E-state index contributed by atoms with van der Waals surface area (Å²) in [5, 5.41) is 29.5. The summed E-state index contributed by atoms with van der Waals surface area (Å²) < 4.78 is 0. The summed E-state index contributed by atoms with van der Waals surface area (Å²) in [5.74, 6) is 0. The van der Waals surface area contributed by atoms with Gasteiger partial charge in [-0.15, -0.1) is 0 Å². The Morgan fingerprint density at radius 1 is 1.13 bits per heavy atom. The van der Waals surface area contributed by atoms with E-state index in [9.17, 15) is 10.1 Å². The van der Waals surface area contributed by atoms with Gasteiger partial charge in [-0.1, -0.05) is 30.3 Å². The van der Waals surface area contributed by atoms with Crippen LogP contribution in [0.15, 0.2) is 42.5 Å². The molecule has 0 N–H and O–H groups in total. The smallest absolute Gasteiger partial charge is 0.293 e. The van der Waals surface area contributed by atoms with Crippen LogP contribution in [0.4, 0.5) is 11.4 Å². The SMILES string of the molecule is CCN(Cc1ccccc1)c1cc(C#N)c(C#N)cc1[N+](=O)[O-]. The van der Waals surface area contributed by atoms with Crippen molar-refractivity contribution in [1.29, 1.82) is 10.5 Å². The molecule has 6 nitrogen and oxygen atoms in total. The third-order valence-corrected chi connectivity index (χ3v) is 3.49. The van der Waals surface area contributed by atoms with E-state index < -0.39 is 4.92 Å². The van der Waals surface area contributed by atoms with Gasteiger partial charge in [0, 0.05) is 19.2 Å². The van der Waals surface area contributed by atoms with Crippen LogP contribution in [0.25, 0.3) is 0 Å². The summed E-state index contributed by atoms with van der Waals surface area (Å²) in [6.07, 6.45) is 0. The molecule has 0 heterocycles. The van der Waals surface area contributed by atoms with Crippen molar-refractivity contribution in [2.75, 3.05) is 11.4 Å². The highest BCUT2D eigenvalue weighted by molar-refractivity contribution is 5.70. The average Bonchev–Trinajstić information content (AvgIpc) is 2.59. The molecule has 0 amide bonds. The number of nitro groups is 1. The van der Waals surface area contributed by atoms with Crippen molar-refractivity contribution in [3.63, 3.8) is 0 Å². The summed E-state index contributed by atoms with van der Waals surface area (Å²) in [4.78, 5) is 12.6. The minimum Gasteiger partial charge on any atom is -0.362 e. The molecule has 114 valence electrons. The molecule has 6 heteroatoms. The number of nitrogens with zero attached hydrogens (tertiary/aromatic N) is 4. The Kier molecular flexibility index (Phi) is 4.91. The molecule has 0 aliphatic rings. The molecule has 0 bridgehead atoms. The van der Waals surface area contributed by atoms with Crippen molar-refractivity contribution in [3.05, 3.63) is 69.3 Å². The molecule has 0 unspecified atom stereocenters. The van der Waals surface area contributed by atoms with E-state index in [0.29, 0.717) is 18.8 Å². The van der Waals surface area contributed by atoms with Gasteiger partial charge in [0.05, 0.1) is 16.1 Å². The van der Waals surface area contributed by atoms with Crippen LogP contribution in [0.2, 0.25) is 0 Å². The molecule has 2 aromatic carbocycles. The molecule has 0 aliphatic heterocycles. The lowest BCUT2D eigenvalue weighted by atomic mass is 10.1. The van der Waals surface area contributed by atoms with Gasteiger partial charge in [-0.05, 0) is 18.6 Å². The molecular weight excluding hydrogens is 292 g/mol. The fraction of sp³-hybridized carbons (Fsp3) is 0.176. The highest BCUT2D eigenvalue weighted by atomic mass is 16.6. The van der Waals surface area contributed by atoms with E-state index >= 15 is 0 Å². The van der Waals surface area contributed by atoms with Gasteiger partial charge >= 0.3 is 0 Å². The van der Waals surface area contributed by atoms with Crippen LogP contribution >= 0.6 is 0 Å². The summed E-state index contributed by atoms with van der Waals surface area (Å²) in [6.45, 7) is 2.90. The molecule has 0 aromatic heterocycles. The van der Waals surface area contributed by atoms with Gasteiger partial charge < -0.3 is 4.90 Å². The standard InChI is InChI=1S/C17H14N4O2/c1-2-20(12-13-6-4-3-5-7-13)16-8-14(10-18)15(11-19)9-17(16)21(22)23/h3-9H,2,12H2,1H3. The molecule has 0 atom stereocenters. The zero-order chi connectivity index (χ0) is 16.8. The van der Waals surface area contributed by atoms with Crippen molar-refractivity contribution in [2.24, 2.45) is 0 Å². The summed E-state index contributed by atoms with van der Waals surface area (Å²) >= 11 is 0. The highest BCUT2D eigenvalue weighted by Crippen LogP contribution is 2.32. The molecule has 0 radical (unpaired) electrons. The lowest BCUT2D eigenvalue weighted by Crippen LogP contribution is -2.23. The van der Waals surface area contributed by atoms with Crippen LogP contribution in [0.1, 0.15) is 23.6 Å². The largest absolute Gasteiger partial charge is 0.362 e. The second kappa shape index (κ2) is 7.06. The maximum atomic E-state index is 11.3. The molecular formula is C17H14N4O2. The Morgan fingerprint density at radius 3 is 2.26 bits per heavy atom. The molecule has 23 heavy (non-hydrogen) atoms. The number of anilines is 1. The normalized spacial score (nSPS) is 9.70. The third kappa shape index (κ3) is 3.45. The number of nitro benzene ring substituents is 1. The maximum absolute atomic E-state index is 11.3. The van der Waals surface area contributed by atoms with E-state index in [2.05, 4.69) is 0 Å². The molecule has 2 aromatic rings. The predicted octanol–water partition coefficient (Wildman–Crippen LogP) is 3.36. The monoisotopic (exact) mass is 306 g/mol. The van der Waals surface area contributed by atoms with Crippen LogP contribution < -0.4 is 4.90 Å². The minimum atomic E-state index is -0.523. The van der Waals surface area contributed by atoms with Crippen LogP contribution in [-0.2, 0) is 6.54 Å². The molecule has 0 saturated carbocycles. The summed E-state index contributed by atoms with van der Waals surface area (Å²) in [6, 6.07) is 15.9. The zero-order valence-electron chi connectivity index (χ0n) is 12.6. The number of nitriles is 2. The third-order valence-electron chi connectivity index (χ3n) is 3.49. The Hall–Kier alpha value is -3.38. The van der Waals surface area contributed by atoms with E-state index in [1.165, 1.54) is 12.1 Å². The van der Waals surface area contributed by atoms with Crippen LogP contribution in [0.3, 0.4) is 0 Å². The molecule has 0 saturated heterocycles. The second-order valence-electron chi connectivity index (χ2n) is 4.87. The summed E-state index contributed by atoms with van der Waals surface area (Å²) in [5.41, 5.74) is 1.33. The van der Waals surface area contributed by atoms with Gasteiger partial charge in [-0.2, -0.15) is 10.5 Å². The lowest BCUT2D eigenvalue weighted by Gasteiger charge is -2.23. The molecule has 2 rings (SSSR count). The molecule has 0 aliphatic carbocycles. The predicted molar refractivity (Wildman–Crippen MR) is 85.7 cm³/mol. The first-order valence-corrected chi connectivity index (χ1v) is 7.02. The van der Waals surface area contributed by atoms with Crippen molar-refractivity contribution in [1.82, 2.24) is 0 Å². The first kappa shape index (κ1) is 16.0. The topological polar surface area (TPSA) is 94.0 Å². The lowest BCUT2D eigenvalue weighted by molar-refractivity contribution is -0.384. The van der Waals surface area contributed by atoms with E-state index in [1.807, 2.05) is 54.3 Å². The van der Waals surface area contributed by atoms with Gasteiger partial charge in [0.2, 0.25) is 0 Å².